The molecule has 0 amide bonds. The first kappa shape index (κ1) is 15.5. The summed E-state index contributed by atoms with van der Waals surface area (Å²) in [5.74, 6) is -0.335. The summed E-state index contributed by atoms with van der Waals surface area (Å²) in [5.41, 5.74) is 2.14. The van der Waals surface area contributed by atoms with Gasteiger partial charge in [-0.05, 0) is 30.7 Å². The highest BCUT2D eigenvalue weighted by Crippen LogP contribution is 2.18. The van der Waals surface area contributed by atoms with E-state index < -0.39 is 5.97 Å². The molecule has 0 aliphatic carbocycles. The van der Waals surface area contributed by atoms with Gasteiger partial charge in [0.2, 0.25) is 5.95 Å². The van der Waals surface area contributed by atoms with Crippen LogP contribution < -0.4 is 0 Å². The van der Waals surface area contributed by atoms with Crippen molar-refractivity contribution < 1.29 is 9.90 Å². The first-order valence-electron chi connectivity index (χ1n) is 8.17. The van der Waals surface area contributed by atoms with E-state index in [0.717, 1.165) is 37.4 Å². The predicted octanol–water partition coefficient (Wildman–Crippen LogP) is 1.57. The molecule has 0 unspecified atom stereocenters. The predicted molar refractivity (Wildman–Crippen MR) is 89.3 cm³/mol. The van der Waals surface area contributed by atoms with Crippen molar-refractivity contribution in [3.63, 3.8) is 0 Å². The molecule has 0 bridgehead atoms. The molecule has 8 heteroatoms. The number of aryl methyl sites for hydroxylation is 1. The summed E-state index contributed by atoms with van der Waals surface area (Å²) < 4.78 is 3.79. The first-order chi connectivity index (χ1) is 12.2. The lowest BCUT2D eigenvalue weighted by atomic mass is 10.3. The number of hydrogen-bond donors (Lipinski definition) is 1. The summed E-state index contributed by atoms with van der Waals surface area (Å²) in [7, 11) is 0. The van der Waals surface area contributed by atoms with E-state index in [4.69, 9.17) is 5.11 Å². The summed E-state index contributed by atoms with van der Waals surface area (Å²) >= 11 is 0. The molecule has 1 aliphatic rings. The van der Waals surface area contributed by atoms with Gasteiger partial charge in [0, 0.05) is 50.5 Å². The van der Waals surface area contributed by atoms with Crippen LogP contribution in [0.5, 0.6) is 0 Å². The zero-order valence-electron chi connectivity index (χ0n) is 13.6. The lowest BCUT2D eigenvalue weighted by Gasteiger charge is -2.20. The summed E-state index contributed by atoms with van der Waals surface area (Å²) in [5, 5.41) is 13.3. The third kappa shape index (κ3) is 3.16. The molecule has 3 aromatic rings. The van der Waals surface area contributed by atoms with E-state index in [-0.39, 0.29) is 5.69 Å². The van der Waals surface area contributed by atoms with Crippen LogP contribution in [0, 0.1) is 0 Å². The van der Waals surface area contributed by atoms with Gasteiger partial charge in [-0.25, -0.2) is 14.8 Å². The van der Waals surface area contributed by atoms with E-state index in [1.165, 1.54) is 0 Å². The molecule has 3 aromatic heterocycles. The molecule has 0 spiro atoms. The monoisotopic (exact) mass is 338 g/mol. The van der Waals surface area contributed by atoms with E-state index in [2.05, 4.69) is 26.0 Å². The molecule has 4 heterocycles. The van der Waals surface area contributed by atoms with Crippen molar-refractivity contribution in [1.82, 2.24) is 29.2 Å². The minimum Gasteiger partial charge on any atom is -0.476 e. The average molecular weight is 338 g/mol. The number of nitrogens with zero attached hydrogens (tertiary/aromatic N) is 6. The molecule has 0 saturated heterocycles. The third-order valence-corrected chi connectivity index (χ3v) is 4.30. The van der Waals surface area contributed by atoms with Gasteiger partial charge in [-0.15, -0.1) is 0 Å². The maximum absolute atomic E-state index is 11.1. The first-order valence-corrected chi connectivity index (χ1v) is 8.17. The number of carboxylic acids is 1. The zero-order valence-corrected chi connectivity index (χ0v) is 13.6. The highest BCUT2D eigenvalue weighted by atomic mass is 16.4. The van der Waals surface area contributed by atoms with Crippen molar-refractivity contribution in [3.05, 3.63) is 59.9 Å². The van der Waals surface area contributed by atoms with Crippen LogP contribution in [-0.4, -0.2) is 46.8 Å². The molecule has 0 radical (unpaired) electrons. The molecule has 25 heavy (non-hydrogen) atoms. The van der Waals surface area contributed by atoms with Crippen LogP contribution in [0.15, 0.2) is 42.9 Å². The van der Waals surface area contributed by atoms with Gasteiger partial charge in [0.15, 0.2) is 5.69 Å². The number of fused-ring (bicyclic) bond motifs is 1. The molecule has 8 nitrogen and oxygen atoms in total. The highest BCUT2D eigenvalue weighted by molar-refractivity contribution is 5.85. The van der Waals surface area contributed by atoms with Crippen LogP contribution in [-0.2, 0) is 19.6 Å². The molecular weight excluding hydrogens is 320 g/mol. The molecule has 1 aliphatic heterocycles. The van der Waals surface area contributed by atoms with Gasteiger partial charge >= 0.3 is 5.97 Å². The number of aromatic nitrogens is 5. The minimum atomic E-state index is -0.984. The number of carboxylic acid groups (broad SMARTS) is 1. The summed E-state index contributed by atoms with van der Waals surface area (Å²) in [6, 6.07) is 7.50. The number of carbonyl (C=O) groups is 1. The lowest BCUT2D eigenvalue weighted by Crippen LogP contribution is -2.24. The van der Waals surface area contributed by atoms with Crippen LogP contribution >= 0.6 is 0 Å². The van der Waals surface area contributed by atoms with Crippen molar-refractivity contribution in [3.8, 4) is 5.95 Å². The van der Waals surface area contributed by atoms with Crippen LogP contribution in [0.1, 0.15) is 28.3 Å². The molecule has 0 atom stereocenters. The van der Waals surface area contributed by atoms with Gasteiger partial charge in [0.05, 0.1) is 5.69 Å². The molecule has 0 saturated carbocycles. The molecule has 0 aromatic carbocycles. The number of aromatic carboxylic acids is 1. The van der Waals surface area contributed by atoms with E-state index in [9.17, 15) is 4.79 Å². The Balaban J connectivity index is 1.55. The summed E-state index contributed by atoms with van der Waals surface area (Å²) in [6.45, 7) is 3.06. The Kier molecular flexibility index (Phi) is 4.02. The molecule has 4 rings (SSSR count). The summed E-state index contributed by atoms with van der Waals surface area (Å²) in [6.07, 6.45) is 6.33. The van der Waals surface area contributed by atoms with E-state index in [1.54, 1.807) is 24.5 Å². The van der Waals surface area contributed by atoms with Crippen molar-refractivity contribution in [1.29, 1.82) is 0 Å². The summed E-state index contributed by atoms with van der Waals surface area (Å²) in [4.78, 5) is 22.0. The molecule has 0 fully saturated rings. The minimum absolute atomic E-state index is 0.109. The van der Waals surface area contributed by atoms with Gasteiger partial charge in [0.1, 0.15) is 0 Å². The maximum Gasteiger partial charge on any atom is 0.356 e. The number of rotatable bonds is 4. The van der Waals surface area contributed by atoms with Crippen molar-refractivity contribution in [2.24, 2.45) is 0 Å². The Morgan fingerprint density at radius 1 is 1.20 bits per heavy atom. The largest absolute Gasteiger partial charge is 0.476 e. The van der Waals surface area contributed by atoms with E-state index in [0.29, 0.717) is 12.5 Å². The van der Waals surface area contributed by atoms with Crippen LogP contribution in [0.25, 0.3) is 5.95 Å². The average Bonchev–Trinajstić information content (AvgIpc) is 3.19. The van der Waals surface area contributed by atoms with Crippen molar-refractivity contribution in [2.45, 2.75) is 26.1 Å². The maximum atomic E-state index is 11.1. The van der Waals surface area contributed by atoms with Gasteiger partial charge in [-0.1, -0.05) is 0 Å². The van der Waals surface area contributed by atoms with E-state index >= 15 is 0 Å². The van der Waals surface area contributed by atoms with E-state index in [1.807, 2.05) is 21.5 Å². The molecule has 1 N–H and O–H groups in total. The van der Waals surface area contributed by atoms with Crippen molar-refractivity contribution in [2.75, 3.05) is 6.54 Å². The fraction of sp³-hybridized carbons (Fsp3) is 0.294. The lowest BCUT2D eigenvalue weighted by molar-refractivity contribution is 0.0689. The Labute approximate surface area is 144 Å². The quantitative estimate of drug-likeness (QED) is 0.777. The third-order valence-electron chi connectivity index (χ3n) is 4.30. The smallest absolute Gasteiger partial charge is 0.356 e. The SMILES string of the molecule is O=C(O)c1cc2n(n1)CCCN(Cc1cccn1-c1ncccn1)C2. The highest BCUT2D eigenvalue weighted by Gasteiger charge is 2.20. The Bertz CT molecular complexity index is 886. The van der Waals surface area contributed by atoms with Gasteiger partial charge < -0.3 is 5.11 Å². The second-order valence-corrected chi connectivity index (χ2v) is 6.03. The standard InChI is InChI=1S/C17H18N6O2/c24-16(25)15-10-14-12-21(7-3-9-23(14)20-15)11-13-4-1-8-22(13)17-18-5-2-6-19-17/h1-2,4-6,8,10H,3,7,9,11-12H2,(H,24,25). The molecule has 128 valence electrons. The van der Waals surface area contributed by atoms with Crippen molar-refractivity contribution >= 4 is 5.97 Å². The van der Waals surface area contributed by atoms with Crippen LogP contribution in [0.2, 0.25) is 0 Å². The topological polar surface area (TPSA) is 89.1 Å². The van der Waals surface area contributed by atoms with Crippen LogP contribution in [0.4, 0.5) is 0 Å². The van der Waals surface area contributed by atoms with Gasteiger partial charge in [-0.3, -0.25) is 14.1 Å². The number of hydrogen-bond acceptors (Lipinski definition) is 5. The van der Waals surface area contributed by atoms with Gasteiger partial charge in [-0.2, -0.15) is 5.10 Å². The van der Waals surface area contributed by atoms with Crippen LogP contribution in [0.3, 0.4) is 0 Å². The fourth-order valence-electron chi connectivity index (χ4n) is 3.15. The van der Waals surface area contributed by atoms with Gasteiger partial charge in [0.25, 0.3) is 0 Å². The Morgan fingerprint density at radius 2 is 2.04 bits per heavy atom. The molecular formula is C17H18N6O2. The Hall–Kier alpha value is -3.00. The normalized spacial score (nSPS) is 14.9. The second-order valence-electron chi connectivity index (χ2n) is 6.03. The fourth-order valence-corrected chi connectivity index (χ4v) is 3.15. The Morgan fingerprint density at radius 3 is 2.84 bits per heavy atom. The zero-order chi connectivity index (χ0) is 17.2. The second kappa shape index (κ2) is 6.48.